The average molecular weight is 184 g/mol. The van der Waals surface area contributed by atoms with Crippen LogP contribution in [0.1, 0.15) is 32.6 Å². The van der Waals surface area contributed by atoms with Crippen molar-refractivity contribution >= 4 is 11.8 Å². The normalized spacial score (nSPS) is 24.5. The first-order valence-corrected chi connectivity index (χ1v) is 4.73. The fourth-order valence-electron chi connectivity index (χ4n) is 1.89. The molecule has 0 bridgehead atoms. The minimum Gasteiger partial charge on any atom is -0.469 e. The zero-order valence-corrected chi connectivity index (χ0v) is 8.21. The van der Waals surface area contributed by atoms with E-state index in [9.17, 15) is 9.59 Å². The molecular weight excluding hydrogens is 168 g/mol. The van der Waals surface area contributed by atoms with E-state index in [-0.39, 0.29) is 11.9 Å². The molecule has 0 N–H and O–H groups in total. The predicted molar refractivity (Wildman–Crippen MR) is 48.1 cm³/mol. The highest BCUT2D eigenvalue weighted by atomic mass is 16.5. The number of carbonyl (C=O) groups excluding carboxylic acids is 2. The van der Waals surface area contributed by atoms with E-state index >= 15 is 0 Å². The van der Waals surface area contributed by atoms with Gasteiger partial charge in [0.2, 0.25) is 0 Å². The molecule has 1 saturated carbocycles. The maximum Gasteiger partial charge on any atom is 0.308 e. The van der Waals surface area contributed by atoms with Gasteiger partial charge in [-0.2, -0.15) is 0 Å². The molecule has 0 heterocycles. The van der Waals surface area contributed by atoms with Crippen LogP contribution >= 0.6 is 0 Å². The fraction of sp³-hybridized carbons (Fsp3) is 0.800. The van der Waals surface area contributed by atoms with Crippen LogP contribution in [0.15, 0.2) is 0 Å². The van der Waals surface area contributed by atoms with Gasteiger partial charge in [-0.05, 0) is 18.8 Å². The van der Waals surface area contributed by atoms with Gasteiger partial charge in [0.25, 0.3) is 0 Å². The third-order valence-electron chi connectivity index (χ3n) is 2.64. The minimum absolute atomic E-state index is 0.0686. The number of esters is 1. The largest absolute Gasteiger partial charge is 0.469 e. The van der Waals surface area contributed by atoms with Crippen molar-refractivity contribution < 1.29 is 14.3 Å². The molecule has 0 spiro atoms. The van der Waals surface area contributed by atoms with Gasteiger partial charge in [0.05, 0.1) is 13.0 Å². The summed E-state index contributed by atoms with van der Waals surface area (Å²) >= 11 is 0. The van der Waals surface area contributed by atoms with Crippen molar-refractivity contribution in [1.29, 1.82) is 0 Å². The number of hydrogen-bond acceptors (Lipinski definition) is 3. The maximum atomic E-state index is 11.1. The summed E-state index contributed by atoms with van der Waals surface area (Å²) in [5, 5.41) is 0. The zero-order chi connectivity index (χ0) is 9.84. The van der Waals surface area contributed by atoms with Gasteiger partial charge in [-0.15, -0.1) is 0 Å². The molecule has 2 unspecified atom stereocenters. The van der Waals surface area contributed by atoms with E-state index in [1.165, 1.54) is 7.11 Å². The molecule has 0 aromatic rings. The van der Waals surface area contributed by atoms with Gasteiger partial charge >= 0.3 is 5.97 Å². The van der Waals surface area contributed by atoms with Crippen LogP contribution in [0.4, 0.5) is 0 Å². The van der Waals surface area contributed by atoms with Crippen LogP contribution in [0.5, 0.6) is 0 Å². The van der Waals surface area contributed by atoms with Crippen molar-refractivity contribution in [2.45, 2.75) is 32.6 Å². The van der Waals surface area contributed by atoms with Crippen molar-refractivity contribution in [3.05, 3.63) is 0 Å². The average Bonchev–Trinajstić information content (AvgIpc) is 2.49. The molecule has 13 heavy (non-hydrogen) atoms. The number of hydrogen-bond donors (Lipinski definition) is 0. The van der Waals surface area contributed by atoms with Gasteiger partial charge in [0.1, 0.15) is 5.78 Å². The molecule has 1 aliphatic carbocycles. The van der Waals surface area contributed by atoms with Crippen LogP contribution in [0.2, 0.25) is 0 Å². The standard InChI is InChI=1S/C10H16O3/c1-7(10(12)13-2)5-8-3-4-9(11)6-8/h7-8H,3-6H2,1-2H3. The molecule has 0 aromatic heterocycles. The Kier molecular flexibility index (Phi) is 3.46. The second-order valence-electron chi connectivity index (χ2n) is 3.81. The molecule has 1 fully saturated rings. The summed E-state index contributed by atoms with van der Waals surface area (Å²) in [5.74, 6) is 0.504. The highest BCUT2D eigenvalue weighted by Gasteiger charge is 2.26. The van der Waals surface area contributed by atoms with E-state index in [0.717, 1.165) is 12.8 Å². The number of ether oxygens (including phenoxy) is 1. The van der Waals surface area contributed by atoms with Crippen LogP contribution in [-0.4, -0.2) is 18.9 Å². The highest BCUT2D eigenvalue weighted by Crippen LogP contribution is 2.28. The Morgan fingerprint density at radius 3 is 2.85 bits per heavy atom. The molecule has 74 valence electrons. The van der Waals surface area contributed by atoms with E-state index < -0.39 is 0 Å². The monoisotopic (exact) mass is 184 g/mol. The Morgan fingerprint density at radius 1 is 1.69 bits per heavy atom. The van der Waals surface area contributed by atoms with Gasteiger partial charge in [-0.1, -0.05) is 6.92 Å². The predicted octanol–water partition coefficient (Wildman–Crippen LogP) is 1.55. The second-order valence-corrected chi connectivity index (χ2v) is 3.81. The van der Waals surface area contributed by atoms with Gasteiger partial charge < -0.3 is 4.74 Å². The van der Waals surface area contributed by atoms with Crippen molar-refractivity contribution in [3.63, 3.8) is 0 Å². The van der Waals surface area contributed by atoms with Crippen molar-refractivity contribution in [3.8, 4) is 0 Å². The van der Waals surface area contributed by atoms with E-state index in [0.29, 0.717) is 24.5 Å². The summed E-state index contributed by atoms with van der Waals surface area (Å²) in [6, 6.07) is 0. The van der Waals surface area contributed by atoms with Crippen LogP contribution in [-0.2, 0) is 14.3 Å². The van der Waals surface area contributed by atoms with E-state index in [2.05, 4.69) is 4.74 Å². The molecule has 3 heteroatoms. The van der Waals surface area contributed by atoms with Crippen molar-refractivity contribution in [2.75, 3.05) is 7.11 Å². The van der Waals surface area contributed by atoms with Gasteiger partial charge in [-0.3, -0.25) is 9.59 Å². The number of rotatable bonds is 3. The van der Waals surface area contributed by atoms with E-state index in [1.54, 1.807) is 0 Å². The Bertz CT molecular complexity index is 210. The van der Waals surface area contributed by atoms with Gasteiger partial charge in [0.15, 0.2) is 0 Å². The summed E-state index contributed by atoms with van der Waals surface area (Å²) < 4.78 is 4.63. The Labute approximate surface area is 78.5 Å². The second kappa shape index (κ2) is 4.40. The lowest BCUT2D eigenvalue weighted by Gasteiger charge is -2.12. The molecule has 1 rings (SSSR count). The summed E-state index contributed by atoms with van der Waals surface area (Å²) in [4.78, 5) is 22.0. The molecule has 2 atom stereocenters. The first-order valence-electron chi connectivity index (χ1n) is 4.73. The van der Waals surface area contributed by atoms with Crippen LogP contribution < -0.4 is 0 Å². The molecule has 0 saturated heterocycles. The van der Waals surface area contributed by atoms with Crippen molar-refractivity contribution in [1.82, 2.24) is 0 Å². The first-order chi connectivity index (χ1) is 6.13. The third-order valence-corrected chi connectivity index (χ3v) is 2.64. The van der Waals surface area contributed by atoms with Gasteiger partial charge in [0, 0.05) is 12.8 Å². The fourth-order valence-corrected chi connectivity index (χ4v) is 1.89. The number of Topliss-reactive ketones (excluding diaryl/α,β-unsaturated/α-hetero) is 1. The molecular formula is C10H16O3. The quantitative estimate of drug-likeness (QED) is 0.625. The lowest BCUT2D eigenvalue weighted by Crippen LogP contribution is -2.15. The molecule has 0 aliphatic heterocycles. The Morgan fingerprint density at radius 2 is 2.38 bits per heavy atom. The Hall–Kier alpha value is -0.860. The molecule has 0 aromatic carbocycles. The molecule has 1 aliphatic rings. The summed E-state index contributed by atoms with van der Waals surface area (Å²) in [6.45, 7) is 1.86. The lowest BCUT2D eigenvalue weighted by atomic mass is 9.95. The molecule has 3 nitrogen and oxygen atoms in total. The van der Waals surface area contributed by atoms with E-state index in [4.69, 9.17) is 0 Å². The molecule has 0 radical (unpaired) electrons. The molecule has 0 amide bonds. The smallest absolute Gasteiger partial charge is 0.308 e. The topological polar surface area (TPSA) is 43.4 Å². The Balaban J connectivity index is 2.32. The summed E-state index contributed by atoms with van der Waals surface area (Å²) in [6.07, 6.45) is 3.08. The van der Waals surface area contributed by atoms with Gasteiger partial charge in [-0.25, -0.2) is 0 Å². The highest BCUT2D eigenvalue weighted by molar-refractivity contribution is 5.80. The van der Waals surface area contributed by atoms with E-state index in [1.807, 2.05) is 6.92 Å². The number of carbonyl (C=O) groups is 2. The van der Waals surface area contributed by atoms with Crippen LogP contribution in [0.25, 0.3) is 0 Å². The van der Waals surface area contributed by atoms with Crippen molar-refractivity contribution in [2.24, 2.45) is 11.8 Å². The maximum absolute atomic E-state index is 11.1. The van der Waals surface area contributed by atoms with Crippen LogP contribution in [0.3, 0.4) is 0 Å². The zero-order valence-electron chi connectivity index (χ0n) is 8.21. The summed E-state index contributed by atoms with van der Waals surface area (Å²) in [7, 11) is 1.40. The summed E-state index contributed by atoms with van der Waals surface area (Å²) in [5.41, 5.74) is 0. The SMILES string of the molecule is COC(=O)C(C)CC1CCC(=O)C1. The number of ketones is 1. The minimum atomic E-state index is -0.167. The lowest BCUT2D eigenvalue weighted by molar-refractivity contribution is -0.145. The van der Waals surface area contributed by atoms with Crippen LogP contribution in [0, 0.1) is 11.8 Å². The first kappa shape index (κ1) is 10.2. The third kappa shape index (κ3) is 2.83. The number of methoxy groups -OCH3 is 1.